The van der Waals surface area contributed by atoms with Gasteiger partial charge in [0, 0.05) is 16.5 Å². The van der Waals surface area contributed by atoms with Gasteiger partial charge in [0.1, 0.15) is 0 Å². The summed E-state index contributed by atoms with van der Waals surface area (Å²) in [4.78, 5) is 0. The Morgan fingerprint density at radius 3 is 1.74 bits per heavy atom. The molecule has 2 atom stereocenters. The molecule has 8 heteroatoms. The van der Waals surface area contributed by atoms with Crippen LogP contribution in [0.4, 0.5) is 13.2 Å². The maximum atomic E-state index is 12.8. The van der Waals surface area contributed by atoms with Crippen molar-refractivity contribution in [2.24, 2.45) is 0 Å². The maximum Gasteiger partial charge on any atom is 0 e. The van der Waals surface area contributed by atoms with Gasteiger partial charge in [0.25, 0.3) is 0 Å². The molecule has 2 unspecified atom stereocenters. The zero-order valence-corrected chi connectivity index (χ0v) is 16.8. The summed E-state index contributed by atoms with van der Waals surface area (Å²) in [6.45, 7) is 6.50. The summed E-state index contributed by atoms with van der Waals surface area (Å²) in [7, 11) is 0. The molecule has 0 rings (SSSR count). The average molecular weight is 554 g/mol. The van der Waals surface area contributed by atoms with E-state index in [-0.39, 0.29) is 59.4 Å². The van der Waals surface area contributed by atoms with Gasteiger partial charge in [-0.1, -0.05) is 0 Å². The standard InChI is InChI=1S/C11H22F3I2NO.Ni/c1-5-7-15-17(16-8-6-2)9(3)10(4,18)11(12,13)14;/h9,18H,5-8H2,1-4H3;/q-2;. The fourth-order valence-electron chi connectivity index (χ4n) is 0.996. The largest absolute Gasteiger partial charge is 0 e. The molecule has 0 fully saturated rings. The van der Waals surface area contributed by atoms with Crippen molar-refractivity contribution in [3.8, 4) is 0 Å². The van der Waals surface area contributed by atoms with Crippen LogP contribution < -0.4 is 43.0 Å². The van der Waals surface area contributed by atoms with E-state index in [4.69, 9.17) is 0 Å². The Balaban J connectivity index is 0. The summed E-state index contributed by atoms with van der Waals surface area (Å²) in [5, 5.41) is 9.76. The number of rotatable bonds is 8. The number of nitrogens with zero attached hydrogens (tertiary/aromatic N) is 1. The molecule has 0 amide bonds. The minimum absolute atomic E-state index is 0. The number of alkyl halides is 5. The van der Waals surface area contributed by atoms with E-state index in [1.807, 2.05) is 15.2 Å². The van der Waals surface area contributed by atoms with Gasteiger partial charge in [-0.25, -0.2) is 0 Å². The SMILES string of the molecule is CCC[I-]N([I-]CCC)C(C)C(C)(O)C(F)(F)F.[Ni]. The molecule has 0 bridgehead atoms. The van der Waals surface area contributed by atoms with Gasteiger partial charge in [0.2, 0.25) is 0 Å². The van der Waals surface area contributed by atoms with E-state index in [0.29, 0.717) is 0 Å². The Labute approximate surface area is 145 Å². The van der Waals surface area contributed by atoms with Gasteiger partial charge < -0.3 is 0 Å². The van der Waals surface area contributed by atoms with Crippen LogP contribution in [0.2, 0.25) is 0 Å². The average Bonchev–Trinajstić information content (AvgIpc) is 2.27. The van der Waals surface area contributed by atoms with Crippen molar-refractivity contribution in [3.63, 3.8) is 0 Å². The molecule has 0 aliphatic rings. The van der Waals surface area contributed by atoms with Crippen molar-refractivity contribution in [1.29, 1.82) is 0 Å². The molecular formula is C11H22F3I2NNiO-2. The molecule has 0 aromatic heterocycles. The van der Waals surface area contributed by atoms with E-state index < -0.39 is 17.8 Å². The van der Waals surface area contributed by atoms with E-state index in [1.54, 1.807) is 0 Å². The third kappa shape index (κ3) is 7.47. The van der Waals surface area contributed by atoms with E-state index in [9.17, 15) is 18.3 Å². The van der Waals surface area contributed by atoms with Gasteiger partial charge in [0.15, 0.2) is 0 Å². The Morgan fingerprint density at radius 2 is 1.47 bits per heavy atom. The molecule has 0 saturated carbocycles. The molecule has 0 radical (unpaired) electrons. The molecular weight excluding hydrogens is 532 g/mol. The molecule has 1 N–H and O–H groups in total. The van der Waals surface area contributed by atoms with Crippen LogP contribution in [0.5, 0.6) is 0 Å². The summed E-state index contributed by atoms with van der Waals surface area (Å²) >= 11 is -0.772. The second-order valence-electron chi connectivity index (χ2n) is 4.20. The summed E-state index contributed by atoms with van der Waals surface area (Å²) < 4.78 is 42.5. The molecule has 0 aliphatic heterocycles. The van der Waals surface area contributed by atoms with Gasteiger partial charge >= 0.3 is 130 Å². The normalized spacial score (nSPS) is 17.3. The first-order valence-electron chi connectivity index (χ1n) is 5.95. The number of halogens is 5. The quantitative estimate of drug-likeness (QED) is 0.148. The first-order valence-corrected chi connectivity index (χ1v) is 10.9. The van der Waals surface area contributed by atoms with Gasteiger partial charge in [-0.15, -0.1) is 0 Å². The van der Waals surface area contributed by atoms with Crippen molar-refractivity contribution in [2.45, 2.75) is 58.4 Å². The fourth-order valence-corrected chi connectivity index (χ4v) is 9.00. The van der Waals surface area contributed by atoms with Crippen LogP contribution in [0.3, 0.4) is 0 Å². The Bertz CT molecular complexity index is 234. The second-order valence-corrected chi connectivity index (χ2v) is 11.6. The summed E-state index contributed by atoms with van der Waals surface area (Å²) in [6, 6.07) is -0.823. The minimum Gasteiger partial charge on any atom is 0 e. The monoisotopic (exact) mass is 553 g/mol. The van der Waals surface area contributed by atoms with Gasteiger partial charge in [-0.3, -0.25) is 0 Å². The molecule has 0 aromatic carbocycles. The number of hydrogen-bond donors (Lipinski definition) is 1. The van der Waals surface area contributed by atoms with E-state index in [2.05, 4.69) is 0 Å². The molecule has 0 aliphatic carbocycles. The zero-order chi connectivity index (χ0) is 14.4. The van der Waals surface area contributed by atoms with Crippen LogP contribution in [0.25, 0.3) is 0 Å². The summed E-state index contributed by atoms with van der Waals surface area (Å²) in [5.41, 5.74) is -2.60. The third-order valence-corrected chi connectivity index (χ3v) is 12.0. The van der Waals surface area contributed by atoms with Crippen LogP contribution in [0.15, 0.2) is 0 Å². The second kappa shape index (κ2) is 10.4. The van der Waals surface area contributed by atoms with Crippen LogP contribution in [0, 0.1) is 0 Å². The van der Waals surface area contributed by atoms with E-state index in [0.717, 1.165) is 28.6 Å². The Hall–Kier alpha value is 1.66. The maximum absolute atomic E-state index is 12.8. The molecule has 0 spiro atoms. The first-order chi connectivity index (χ1) is 8.18. The van der Waals surface area contributed by atoms with E-state index in [1.165, 1.54) is 6.92 Å². The van der Waals surface area contributed by atoms with Gasteiger partial charge in [0.05, 0.1) is 0 Å². The Kier molecular flexibility index (Phi) is 12.6. The van der Waals surface area contributed by atoms with E-state index >= 15 is 0 Å². The molecule has 2 nitrogen and oxygen atoms in total. The van der Waals surface area contributed by atoms with Crippen LogP contribution >= 0.6 is 0 Å². The Morgan fingerprint density at radius 1 is 1.11 bits per heavy atom. The van der Waals surface area contributed by atoms with Crippen molar-refractivity contribution in [3.05, 3.63) is 0 Å². The van der Waals surface area contributed by atoms with Gasteiger partial charge in [-0.2, -0.15) is 0 Å². The number of hydrogen-bond acceptors (Lipinski definition) is 2. The van der Waals surface area contributed by atoms with Crippen LogP contribution in [-0.2, 0) is 16.5 Å². The minimum atomic E-state index is -4.56. The molecule has 0 aromatic rings. The van der Waals surface area contributed by atoms with Gasteiger partial charge in [-0.05, 0) is 0 Å². The zero-order valence-electron chi connectivity index (χ0n) is 11.5. The van der Waals surface area contributed by atoms with Crippen molar-refractivity contribution in [1.82, 2.24) is 1.33 Å². The van der Waals surface area contributed by atoms with Crippen molar-refractivity contribution < 1.29 is 77.7 Å². The van der Waals surface area contributed by atoms with Crippen molar-refractivity contribution in [2.75, 3.05) is 8.86 Å². The first kappa shape index (κ1) is 22.9. The van der Waals surface area contributed by atoms with Crippen LogP contribution in [0.1, 0.15) is 40.5 Å². The molecule has 0 heterocycles. The fraction of sp³-hybridized carbons (Fsp3) is 1.00. The molecule has 19 heavy (non-hydrogen) atoms. The van der Waals surface area contributed by atoms with Crippen molar-refractivity contribution >= 4 is 0 Å². The predicted octanol–water partition coefficient (Wildman–Crippen LogP) is -3.18. The summed E-state index contributed by atoms with van der Waals surface area (Å²) in [5.74, 6) is 0. The number of aliphatic hydroxyl groups is 1. The third-order valence-electron chi connectivity index (χ3n) is 2.46. The smallest absolute Gasteiger partial charge is 0 e. The summed E-state index contributed by atoms with van der Waals surface area (Å²) in [6.07, 6.45) is -2.56. The topological polar surface area (TPSA) is 23.5 Å². The van der Waals surface area contributed by atoms with Crippen LogP contribution in [-0.4, -0.2) is 33.1 Å². The molecule has 0 saturated heterocycles. The molecule has 124 valence electrons. The predicted molar refractivity (Wildman–Crippen MR) is 58.3 cm³/mol.